The van der Waals surface area contributed by atoms with Gasteiger partial charge in [-0.2, -0.15) is 0 Å². The summed E-state index contributed by atoms with van der Waals surface area (Å²) in [5.74, 6) is 0.584. The van der Waals surface area contributed by atoms with Crippen molar-refractivity contribution in [3.8, 4) is 0 Å². The minimum atomic E-state index is -1.61. The summed E-state index contributed by atoms with van der Waals surface area (Å²) in [4.78, 5) is 0. The Morgan fingerprint density at radius 2 is 1.81 bits per heavy atom. The van der Waals surface area contributed by atoms with Gasteiger partial charge in [0.15, 0.2) is 8.32 Å². The summed E-state index contributed by atoms with van der Waals surface area (Å²) < 4.78 is 5.91. The quantitative estimate of drug-likeness (QED) is 0.564. The third kappa shape index (κ3) is 3.34. The Morgan fingerprint density at radius 1 is 1.25 bits per heavy atom. The van der Waals surface area contributed by atoms with Gasteiger partial charge in [-0.25, -0.2) is 0 Å². The van der Waals surface area contributed by atoms with Gasteiger partial charge in [0.25, 0.3) is 0 Å². The monoisotopic (exact) mass is 256 g/mol. The SMILES string of the molecule is CCO[Si](C)(C)C(C)c1ccc(CCl)cc1. The fraction of sp³-hybridized carbons (Fsp3) is 0.538. The second-order valence-corrected chi connectivity index (χ2v) is 9.26. The third-order valence-corrected chi connectivity index (χ3v) is 6.95. The first kappa shape index (κ1) is 13.8. The van der Waals surface area contributed by atoms with Gasteiger partial charge in [0.2, 0.25) is 0 Å². The van der Waals surface area contributed by atoms with Crippen molar-refractivity contribution >= 4 is 19.9 Å². The van der Waals surface area contributed by atoms with E-state index >= 15 is 0 Å². The van der Waals surface area contributed by atoms with Crippen molar-refractivity contribution in [3.05, 3.63) is 35.4 Å². The van der Waals surface area contributed by atoms with Crippen LogP contribution in [0.2, 0.25) is 13.1 Å². The van der Waals surface area contributed by atoms with Crippen LogP contribution in [0.25, 0.3) is 0 Å². The Bertz CT molecular complexity index is 321. The molecule has 0 aliphatic rings. The molecule has 0 amide bonds. The summed E-state index contributed by atoms with van der Waals surface area (Å²) in [6.07, 6.45) is 0. The average Bonchev–Trinajstić information content (AvgIpc) is 2.28. The Balaban J connectivity index is 2.83. The van der Waals surface area contributed by atoms with Crippen LogP contribution in [0.4, 0.5) is 0 Å². The van der Waals surface area contributed by atoms with Crippen molar-refractivity contribution in [1.82, 2.24) is 0 Å². The fourth-order valence-electron chi connectivity index (χ4n) is 1.79. The van der Waals surface area contributed by atoms with Gasteiger partial charge in [0.05, 0.1) is 0 Å². The zero-order valence-corrected chi connectivity index (χ0v) is 12.3. The molecule has 0 radical (unpaired) electrons. The van der Waals surface area contributed by atoms with Crippen molar-refractivity contribution in [2.45, 2.75) is 38.4 Å². The second-order valence-electron chi connectivity index (χ2n) is 4.63. The maximum absolute atomic E-state index is 5.91. The Hall–Kier alpha value is -0.313. The van der Waals surface area contributed by atoms with E-state index in [9.17, 15) is 0 Å². The first-order chi connectivity index (χ1) is 7.51. The molecule has 3 heteroatoms. The predicted molar refractivity (Wildman–Crippen MR) is 73.5 cm³/mol. The largest absolute Gasteiger partial charge is 0.417 e. The molecule has 0 bridgehead atoms. The zero-order chi connectivity index (χ0) is 12.2. The summed E-state index contributed by atoms with van der Waals surface area (Å²) in [6.45, 7) is 9.69. The molecule has 1 nitrogen and oxygen atoms in total. The highest BCUT2D eigenvalue weighted by atomic mass is 35.5. The van der Waals surface area contributed by atoms with E-state index in [0.29, 0.717) is 11.4 Å². The van der Waals surface area contributed by atoms with Crippen LogP contribution in [0.3, 0.4) is 0 Å². The number of halogens is 1. The lowest BCUT2D eigenvalue weighted by Crippen LogP contribution is -2.37. The minimum absolute atomic E-state index is 0.511. The molecule has 90 valence electrons. The molecule has 0 heterocycles. The molecular formula is C13H21ClOSi. The molecule has 1 rings (SSSR count). The summed E-state index contributed by atoms with van der Waals surface area (Å²) in [5.41, 5.74) is 3.05. The van der Waals surface area contributed by atoms with Crippen molar-refractivity contribution in [2.24, 2.45) is 0 Å². The van der Waals surface area contributed by atoms with Crippen LogP contribution in [-0.4, -0.2) is 14.9 Å². The van der Waals surface area contributed by atoms with Crippen LogP contribution in [-0.2, 0) is 10.3 Å². The number of hydrogen-bond acceptors (Lipinski definition) is 1. The molecule has 16 heavy (non-hydrogen) atoms. The molecule has 0 spiro atoms. The van der Waals surface area contributed by atoms with E-state index in [1.807, 2.05) is 0 Å². The van der Waals surface area contributed by atoms with E-state index < -0.39 is 8.32 Å². The van der Waals surface area contributed by atoms with Crippen LogP contribution in [0.5, 0.6) is 0 Å². The Labute approximate surface area is 105 Å². The topological polar surface area (TPSA) is 9.23 Å². The summed E-state index contributed by atoms with van der Waals surface area (Å²) >= 11 is 5.78. The number of rotatable bonds is 5. The Kier molecular flexibility index (Phi) is 5.03. The molecule has 0 saturated carbocycles. The molecule has 0 N–H and O–H groups in total. The van der Waals surface area contributed by atoms with E-state index in [2.05, 4.69) is 51.2 Å². The fourth-order valence-corrected chi connectivity index (χ4v) is 3.96. The number of alkyl halides is 1. The molecular weight excluding hydrogens is 236 g/mol. The van der Waals surface area contributed by atoms with Crippen molar-refractivity contribution in [1.29, 1.82) is 0 Å². The van der Waals surface area contributed by atoms with Gasteiger partial charge in [-0.05, 0) is 36.7 Å². The van der Waals surface area contributed by atoms with Gasteiger partial charge >= 0.3 is 0 Å². The predicted octanol–water partition coefficient (Wildman–Crippen LogP) is 4.31. The molecule has 0 aliphatic carbocycles. The third-order valence-electron chi connectivity index (χ3n) is 3.19. The summed E-state index contributed by atoms with van der Waals surface area (Å²) in [5, 5.41) is 0. The lowest BCUT2D eigenvalue weighted by molar-refractivity contribution is 0.322. The molecule has 0 aliphatic heterocycles. The molecule has 1 atom stereocenters. The smallest absolute Gasteiger partial charge is 0.193 e. The maximum atomic E-state index is 5.91. The standard InChI is InChI=1S/C13H21ClOSi/c1-5-15-16(3,4)11(2)13-8-6-12(10-14)7-9-13/h6-9,11H,5,10H2,1-4H3. The van der Waals surface area contributed by atoms with E-state index in [1.54, 1.807) is 0 Å². The molecule has 0 fully saturated rings. The lowest BCUT2D eigenvalue weighted by Gasteiger charge is -2.29. The van der Waals surface area contributed by atoms with Gasteiger partial charge in [-0.1, -0.05) is 31.2 Å². The molecule has 0 aromatic heterocycles. The highest BCUT2D eigenvalue weighted by Crippen LogP contribution is 2.27. The first-order valence-corrected chi connectivity index (χ1v) is 9.32. The molecule has 1 unspecified atom stereocenters. The van der Waals surface area contributed by atoms with Crippen LogP contribution in [0, 0.1) is 0 Å². The van der Waals surface area contributed by atoms with E-state index in [0.717, 1.165) is 6.61 Å². The van der Waals surface area contributed by atoms with Gasteiger partial charge in [0.1, 0.15) is 0 Å². The summed E-state index contributed by atoms with van der Waals surface area (Å²) in [7, 11) is -1.61. The van der Waals surface area contributed by atoms with E-state index in [4.69, 9.17) is 16.0 Å². The van der Waals surface area contributed by atoms with Crippen LogP contribution in [0.1, 0.15) is 30.5 Å². The highest BCUT2D eigenvalue weighted by molar-refractivity contribution is 6.72. The van der Waals surface area contributed by atoms with Gasteiger partial charge in [-0.3, -0.25) is 0 Å². The van der Waals surface area contributed by atoms with E-state index in [-0.39, 0.29) is 0 Å². The average molecular weight is 257 g/mol. The summed E-state index contributed by atoms with van der Waals surface area (Å²) in [6, 6.07) is 8.57. The van der Waals surface area contributed by atoms with Crippen LogP contribution >= 0.6 is 11.6 Å². The molecule has 1 aromatic carbocycles. The minimum Gasteiger partial charge on any atom is -0.417 e. The van der Waals surface area contributed by atoms with Crippen molar-refractivity contribution < 1.29 is 4.43 Å². The lowest BCUT2D eigenvalue weighted by atomic mass is 10.1. The highest BCUT2D eigenvalue weighted by Gasteiger charge is 2.30. The number of hydrogen-bond donors (Lipinski definition) is 0. The first-order valence-electron chi connectivity index (χ1n) is 5.80. The van der Waals surface area contributed by atoms with Crippen molar-refractivity contribution in [2.75, 3.05) is 6.61 Å². The van der Waals surface area contributed by atoms with Gasteiger partial charge in [0, 0.05) is 12.5 Å². The van der Waals surface area contributed by atoms with Gasteiger partial charge in [-0.15, -0.1) is 11.6 Å². The number of benzene rings is 1. The van der Waals surface area contributed by atoms with Crippen LogP contribution < -0.4 is 0 Å². The molecule has 0 saturated heterocycles. The maximum Gasteiger partial charge on any atom is 0.193 e. The van der Waals surface area contributed by atoms with Gasteiger partial charge < -0.3 is 4.43 Å². The van der Waals surface area contributed by atoms with Crippen molar-refractivity contribution in [3.63, 3.8) is 0 Å². The van der Waals surface area contributed by atoms with Crippen LogP contribution in [0.15, 0.2) is 24.3 Å². The normalized spacial score (nSPS) is 13.8. The zero-order valence-electron chi connectivity index (χ0n) is 10.6. The van der Waals surface area contributed by atoms with E-state index in [1.165, 1.54) is 11.1 Å². The second kappa shape index (κ2) is 5.85. The molecule has 1 aromatic rings. The Morgan fingerprint density at radius 3 is 2.25 bits per heavy atom.